The second-order valence-corrected chi connectivity index (χ2v) is 7.54. The molecule has 0 unspecified atom stereocenters. The second kappa shape index (κ2) is 7.03. The molecule has 1 saturated carbocycles. The van der Waals surface area contributed by atoms with Gasteiger partial charge in [0, 0.05) is 19.1 Å². The standard InChI is InChI=1S/C13H23N5O3S/c19-22(20,17-6-8-21-9-7-17)15-10-13-16-14-11-18(13)12-4-2-1-3-5-12/h11-12,15H,1-10H2. The molecular formula is C13H23N5O3S. The zero-order valence-corrected chi connectivity index (χ0v) is 13.5. The molecule has 1 N–H and O–H groups in total. The van der Waals surface area contributed by atoms with E-state index in [-0.39, 0.29) is 6.54 Å². The van der Waals surface area contributed by atoms with Crippen LogP contribution in [-0.4, -0.2) is 53.8 Å². The lowest BCUT2D eigenvalue weighted by Crippen LogP contribution is -2.46. The second-order valence-electron chi connectivity index (χ2n) is 5.78. The molecule has 0 amide bonds. The molecule has 0 atom stereocenters. The summed E-state index contributed by atoms with van der Waals surface area (Å²) in [6, 6.07) is 0.395. The quantitative estimate of drug-likeness (QED) is 0.847. The molecule has 22 heavy (non-hydrogen) atoms. The molecule has 1 saturated heterocycles. The zero-order chi connectivity index (χ0) is 15.4. The van der Waals surface area contributed by atoms with Crippen LogP contribution in [0, 0.1) is 0 Å². The molecule has 2 fully saturated rings. The van der Waals surface area contributed by atoms with E-state index in [1.54, 1.807) is 6.33 Å². The highest BCUT2D eigenvalue weighted by atomic mass is 32.2. The Morgan fingerprint density at radius 1 is 1.23 bits per heavy atom. The van der Waals surface area contributed by atoms with Crippen molar-refractivity contribution in [2.24, 2.45) is 0 Å². The van der Waals surface area contributed by atoms with E-state index in [1.807, 2.05) is 4.57 Å². The van der Waals surface area contributed by atoms with E-state index in [0.29, 0.717) is 38.2 Å². The van der Waals surface area contributed by atoms with Gasteiger partial charge in [-0.25, -0.2) is 0 Å². The molecule has 1 aliphatic heterocycles. The lowest BCUT2D eigenvalue weighted by Gasteiger charge is -2.27. The highest BCUT2D eigenvalue weighted by Gasteiger charge is 2.25. The Morgan fingerprint density at radius 2 is 1.95 bits per heavy atom. The zero-order valence-electron chi connectivity index (χ0n) is 12.6. The van der Waals surface area contributed by atoms with Gasteiger partial charge in [0.25, 0.3) is 10.2 Å². The summed E-state index contributed by atoms with van der Waals surface area (Å²) in [5, 5.41) is 8.04. The summed E-state index contributed by atoms with van der Waals surface area (Å²) in [6.45, 7) is 1.85. The lowest BCUT2D eigenvalue weighted by molar-refractivity contribution is 0.0724. The lowest BCUT2D eigenvalue weighted by atomic mass is 9.95. The van der Waals surface area contributed by atoms with Crippen molar-refractivity contribution in [3.8, 4) is 0 Å². The van der Waals surface area contributed by atoms with Gasteiger partial charge in [-0.15, -0.1) is 10.2 Å². The molecule has 124 valence electrons. The third-order valence-corrected chi connectivity index (χ3v) is 5.89. The number of hydrogen-bond acceptors (Lipinski definition) is 5. The van der Waals surface area contributed by atoms with Gasteiger partial charge >= 0.3 is 0 Å². The largest absolute Gasteiger partial charge is 0.379 e. The summed E-state index contributed by atoms with van der Waals surface area (Å²) in [7, 11) is -3.48. The molecule has 8 nitrogen and oxygen atoms in total. The van der Waals surface area contributed by atoms with E-state index in [0.717, 1.165) is 12.8 Å². The van der Waals surface area contributed by atoms with E-state index in [9.17, 15) is 8.42 Å². The van der Waals surface area contributed by atoms with Crippen molar-refractivity contribution < 1.29 is 13.2 Å². The van der Waals surface area contributed by atoms with Gasteiger partial charge in [0.1, 0.15) is 12.2 Å². The summed E-state index contributed by atoms with van der Waals surface area (Å²) in [5.41, 5.74) is 0. The van der Waals surface area contributed by atoms with Crippen LogP contribution in [0.2, 0.25) is 0 Å². The van der Waals surface area contributed by atoms with Crippen molar-refractivity contribution in [2.75, 3.05) is 26.3 Å². The van der Waals surface area contributed by atoms with Gasteiger partial charge in [-0.3, -0.25) is 0 Å². The maximum atomic E-state index is 12.3. The normalized spacial score (nSPS) is 22.0. The number of aromatic nitrogens is 3. The minimum atomic E-state index is -3.48. The van der Waals surface area contributed by atoms with Gasteiger partial charge in [-0.2, -0.15) is 17.4 Å². The fourth-order valence-corrected chi connectivity index (χ4v) is 4.22. The number of nitrogens with zero attached hydrogens (tertiary/aromatic N) is 4. The van der Waals surface area contributed by atoms with Gasteiger partial charge in [0.05, 0.1) is 19.8 Å². The maximum absolute atomic E-state index is 12.3. The molecule has 0 radical (unpaired) electrons. The maximum Gasteiger partial charge on any atom is 0.280 e. The van der Waals surface area contributed by atoms with Crippen molar-refractivity contribution in [3.05, 3.63) is 12.2 Å². The number of rotatable bonds is 5. The molecule has 1 aromatic heterocycles. The Kier molecular flexibility index (Phi) is 5.07. The third-order valence-electron chi connectivity index (χ3n) is 4.34. The van der Waals surface area contributed by atoms with Crippen LogP contribution in [0.1, 0.15) is 44.0 Å². The Hall–Kier alpha value is -1.03. The van der Waals surface area contributed by atoms with Gasteiger partial charge in [0.15, 0.2) is 0 Å². The van der Waals surface area contributed by atoms with Crippen LogP contribution in [0.3, 0.4) is 0 Å². The van der Waals surface area contributed by atoms with E-state index in [1.165, 1.54) is 23.6 Å². The molecule has 0 bridgehead atoms. The van der Waals surface area contributed by atoms with E-state index in [2.05, 4.69) is 14.9 Å². The van der Waals surface area contributed by atoms with Crippen molar-refractivity contribution in [1.82, 2.24) is 23.8 Å². The Morgan fingerprint density at radius 3 is 2.68 bits per heavy atom. The van der Waals surface area contributed by atoms with Crippen LogP contribution in [-0.2, 0) is 21.5 Å². The number of hydrogen-bond donors (Lipinski definition) is 1. The summed E-state index contributed by atoms with van der Waals surface area (Å²) in [5.74, 6) is 0.684. The van der Waals surface area contributed by atoms with Crippen LogP contribution < -0.4 is 4.72 Å². The van der Waals surface area contributed by atoms with Crippen molar-refractivity contribution in [3.63, 3.8) is 0 Å². The van der Waals surface area contributed by atoms with Crippen LogP contribution in [0.4, 0.5) is 0 Å². The molecule has 0 aromatic carbocycles. The predicted molar refractivity (Wildman–Crippen MR) is 80.3 cm³/mol. The molecule has 1 aliphatic carbocycles. The average Bonchev–Trinajstić information content (AvgIpc) is 3.03. The first kappa shape index (κ1) is 15.9. The van der Waals surface area contributed by atoms with Gasteiger partial charge in [-0.1, -0.05) is 19.3 Å². The van der Waals surface area contributed by atoms with Crippen LogP contribution in [0.5, 0.6) is 0 Å². The average molecular weight is 329 g/mol. The van der Waals surface area contributed by atoms with Gasteiger partial charge < -0.3 is 9.30 Å². The van der Waals surface area contributed by atoms with Gasteiger partial charge in [-0.05, 0) is 12.8 Å². The van der Waals surface area contributed by atoms with Gasteiger partial charge in [0.2, 0.25) is 0 Å². The molecule has 1 aromatic rings. The van der Waals surface area contributed by atoms with Crippen LogP contribution in [0.15, 0.2) is 6.33 Å². The first-order valence-electron chi connectivity index (χ1n) is 7.88. The number of nitrogens with one attached hydrogen (secondary N) is 1. The van der Waals surface area contributed by atoms with Crippen molar-refractivity contribution in [2.45, 2.75) is 44.7 Å². The topological polar surface area (TPSA) is 89.3 Å². The van der Waals surface area contributed by atoms with Crippen molar-refractivity contribution >= 4 is 10.2 Å². The van der Waals surface area contributed by atoms with Crippen LogP contribution in [0.25, 0.3) is 0 Å². The highest BCUT2D eigenvalue weighted by Crippen LogP contribution is 2.28. The SMILES string of the molecule is O=S(=O)(NCc1nncn1C1CCCCC1)N1CCOCC1. The first-order valence-corrected chi connectivity index (χ1v) is 9.32. The summed E-state index contributed by atoms with van der Waals surface area (Å²) < 4.78 is 35.8. The van der Waals surface area contributed by atoms with E-state index in [4.69, 9.17) is 4.74 Å². The molecule has 2 aliphatic rings. The number of morpholine rings is 1. The van der Waals surface area contributed by atoms with E-state index < -0.39 is 10.2 Å². The fraction of sp³-hybridized carbons (Fsp3) is 0.846. The fourth-order valence-electron chi connectivity index (χ4n) is 3.09. The predicted octanol–water partition coefficient (Wildman–Crippen LogP) is 0.450. The smallest absolute Gasteiger partial charge is 0.280 e. The molecule has 9 heteroatoms. The summed E-state index contributed by atoms with van der Waals surface area (Å²) in [4.78, 5) is 0. The first-order chi connectivity index (χ1) is 10.7. The monoisotopic (exact) mass is 329 g/mol. The molecule has 2 heterocycles. The van der Waals surface area contributed by atoms with Crippen LogP contribution >= 0.6 is 0 Å². The van der Waals surface area contributed by atoms with E-state index >= 15 is 0 Å². The Labute approximate surface area is 131 Å². The summed E-state index contributed by atoms with van der Waals surface area (Å²) in [6.07, 6.45) is 7.64. The van der Waals surface area contributed by atoms with Crippen molar-refractivity contribution in [1.29, 1.82) is 0 Å². The molecule has 0 spiro atoms. The Bertz CT molecular complexity index is 576. The number of ether oxygens (including phenoxy) is 1. The third kappa shape index (κ3) is 3.65. The molecule has 3 rings (SSSR count). The minimum absolute atomic E-state index is 0.177. The summed E-state index contributed by atoms with van der Waals surface area (Å²) >= 11 is 0. The Balaban J connectivity index is 1.62. The molecular weight excluding hydrogens is 306 g/mol. The highest BCUT2D eigenvalue weighted by molar-refractivity contribution is 7.87. The minimum Gasteiger partial charge on any atom is -0.379 e.